The number of ether oxygens (including phenoxy) is 1. The molecule has 0 spiro atoms. The number of hydrogen-bond acceptors (Lipinski definition) is 5. The minimum atomic E-state index is -0.576. The number of aromatic nitrogens is 2. The summed E-state index contributed by atoms with van der Waals surface area (Å²) >= 11 is 0. The highest BCUT2D eigenvalue weighted by Gasteiger charge is 2.14. The van der Waals surface area contributed by atoms with E-state index in [0.29, 0.717) is 17.0 Å². The molecule has 1 heterocycles. The maximum atomic E-state index is 12.2. The molecule has 0 saturated carbocycles. The van der Waals surface area contributed by atoms with Crippen molar-refractivity contribution in [2.24, 2.45) is 0 Å². The Kier molecular flexibility index (Phi) is 6.79. The van der Waals surface area contributed by atoms with Crippen molar-refractivity contribution in [1.29, 1.82) is 0 Å². The Labute approximate surface area is 174 Å². The number of para-hydroxylation sites is 1. The molecule has 0 atom stereocenters. The van der Waals surface area contributed by atoms with Gasteiger partial charge in [0, 0.05) is 17.6 Å². The molecule has 0 fully saturated rings. The zero-order chi connectivity index (χ0) is 21.5. The summed E-state index contributed by atoms with van der Waals surface area (Å²) in [4.78, 5) is 36.1. The van der Waals surface area contributed by atoms with Gasteiger partial charge in [-0.05, 0) is 29.7 Å². The number of aromatic amines is 1. The second-order valence-electron chi connectivity index (χ2n) is 7.11. The lowest BCUT2D eigenvalue weighted by atomic mass is 10.0. The fourth-order valence-electron chi connectivity index (χ4n) is 2.89. The van der Waals surface area contributed by atoms with Crippen molar-refractivity contribution >= 4 is 34.4 Å². The summed E-state index contributed by atoms with van der Waals surface area (Å²) in [5, 5.41) is 12.8. The number of hydrogen-bond donors (Lipinski definition) is 3. The molecule has 0 aliphatic heterocycles. The average Bonchev–Trinajstić information content (AvgIpc) is 3.16. The van der Waals surface area contributed by atoms with Crippen LogP contribution in [0, 0.1) is 0 Å². The molecule has 2 aromatic carbocycles. The molecule has 0 aliphatic carbocycles. The van der Waals surface area contributed by atoms with Crippen LogP contribution in [0.15, 0.2) is 48.5 Å². The molecule has 0 bridgehead atoms. The van der Waals surface area contributed by atoms with Gasteiger partial charge in [-0.15, -0.1) is 0 Å². The molecule has 2 amide bonds. The Hall–Kier alpha value is -3.68. The molecular formula is C22H24N4O4. The van der Waals surface area contributed by atoms with Crippen molar-refractivity contribution in [3.63, 3.8) is 0 Å². The smallest absolute Gasteiger partial charge is 0.308 e. The molecule has 0 saturated heterocycles. The maximum absolute atomic E-state index is 12.2. The van der Waals surface area contributed by atoms with E-state index in [9.17, 15) is 14.4 Å². The van der Waals surface area contributed by atoms with Gasteiger partial charge in [-0.25, -0.2) is 0 Å². The van der Waals surface area contributed by atoms with E-state index in [1.807, 2.05) is 36.4 Å². The molecule has 0 unspecified atom stereocenters. The van der Waals surface area contributed by atoms with Crippen LogP contribution >= 0.6 is 0 Å². The molecule has 30 heavy (non-hydrogen) atoms. The Morgan fingerprint density at radius 1 is 1.10 bits per heavy atom. The topological polar surface area (TPSA) is 113 Å². The number of rotatable bonds is 8. The number of benzene rings is 2. The maximum Gasteiger partial charge on any atom is 0.308 e. The molecule has 0 radical (unpaired) electrons. The van der Waals surface area contributed by atoms with E-state index in [1.54, 1.807) is 12.1 Å². The lowest BCUT2D eigenvalue weighted by molar-refractivity contribution is -0.147. The van der Waals surface area contributed by atoms with Crippen LogP contribution in [0.25, 0.3) is 10.9 Å². The number of nitrogens with zero attached hydrogens (tertiary/aromatic N) is 1. The summed E-state index contributed by atoms with van der Waals surface area (Å²) in [5.41, 5.74) is 2.78. The molecule has 8 heteroatoms. The van der Waals surface area contributed by atoms with Crippen LogP contribution in [0.4, 0.5) is 5.69 Å². The summed E-state index contributed by atoms with van der Waals surface area (Å²) in [6.45, 7) is 3.83. The first-order valence-corrected chi connectivity index (χ1v) is 9.71. The van der Waals surface area contributed by atoms with Crippen LogP contribution in [0.2, 0.25) is 0 Å². The van der Waals surface area contributed by atoms with Crippen molar-refractivity contribution in [1.82, 2.24) is 15.5 Å². The highest BCUT2D eigenvalue weighted by Crippen LogP contribution is 2.18. The van der Waals surface area contributed by atoms with Crippen LogP contribution in [0.5, 0.6) is 0 Å². The zero-order valence-corrected chi connectivity index (χ0v) is 16.9. The van der Waals surface area contributed by atoms with Gasteiger partial charge >= 0.3 is 5.97 Å². The molecule has 8 nitrogen and oxygen atoms in total. The van der Waals surface area contributed by atoms with Crippen molar-refractivity contribution in [3.8, 4) is 0 Å². The number of H-pyrrole nitrogens is 1. The van der Waals surface area contributed by atoms with Gasteiger partial charge in [-0.1, -0.05) is 44.2 Å². The van der Waals surface area contributed by atoms with E-state index in [-0.39, 0.29) is 31.2 Å². The third-order valence-corrected chi connectivity index (χ3v) is 4.50. The monoisotopic (exact) mass is 408 g/mol. The lowest BCUT2D eigenvalue weighted by Gasteiger charge is -2.10. The first-order chi connectivity index (χ1) is 14.4. The minimum absolute atomic E-state index is 0.0514. The Balaban J connectivity index is 1.40. The molecule has 0 aliphatic rings. The number of esters is 1. The van der Waals surface area contributed by atoms with Crippen LogP contribution in [0.1, 0.15) is 42.2 Å². The molecule has 1 aromatic heterocycles. The summed E-state index contributed by atoms with van der Waals surface area (Å²) in [5.74, 6) is -1.04. The van der Waals surface area contributed by atoms with E-state index in [1.165, 1.54) is 0 Å². The third-order valence-electron chi connectivity index (χ3n) is 4.50. The number of carbonyl (C=O) groups excluding carboxylic acids is 3. The quantitative estimate of drug-likeness (QED) is 0.496. The summed E-state index contributed by atoms with van der Waals surface area (Å²) in [7, 11) is 0. The third kappa shape index (κ3) is 5.44. The van der Waals surface area contributed by atoms with Gasteiger partial charge in [0.25, 0.3) is 11.8 Å². The van der Waals surface area contributed by atoms with E-state index in [2.05, 4.69) is 34.7 Å². The van der Waals surface area contributed by atoms with Gasteiger partial charge in [-0.3, -0.25) is 19.5 Å². The van der Waals surface area contributed by atoms with Gasteiger partial charge < -0.3 is 15.4 Å². The number of fused-ring (bicyclic) bond motifs is 1. The zero-order valence-electron chi connectivity index (χ0n) is 16.9. The molecular weight excluding hydrogens is 384 g/mol. The largest absolute Gasteiger partial charge is 0.456 e. The van der Waals surface area contributed by atoms with Gasteiger partial charge in [0.1, 0.15) is 0 Å². The van der Waals surface area contributed by atoms with E-state index >= 15 is 0 Å². The van der Waals surface area contributed by atoms with Crippen LogP contribution < -0.4 is 10.6 Å². The van der Waals surface area contributed by atoms with Crippen molar-refractivity contribution in [2.45, 2.75) is 26.2 Å². The molecule has 3 N–H and O–H groups in total. The summed E-state index contributed by atoms with van der Waals surface area (Å²) < 4.78 is 4.97. The predicted octanol–water partition coefficient (Wildman–Crippen LogP) is 2.99. The summed E-state index contributed by atoms with van der Waals surface area (Å²) in [6, 6.07) is 14.8. The first-order valence-electron chi connectivity index (χ1n) is 9.71. The lowest BCUT2D eigenvalue weighted by Crippen LogP contribution is -2.28. The van der Waals surface area contributed by atoms with Crippen LogP contribution in [-0.2, 0) is 14.3 Å². The number of carbonyl (C=O) groups is 3. The highest BCUT2D eigenvalue weighted by atomic mass is 16.5. The second kappa shape index (κ2) is 9.69. The van der Waals surface area contributed by atoms with Gasteiger partial charge in [0.2, 0.25) is 0 Å². The van der Waals surface area contributed by atoms with Crippen molar-refractivity contribution in [2.75, 3.05) is 18.5 Å². The van der Waals surface area contributed by atoms with Gasteiger partial charge in [0.15, 0.2) is 12.3 Å². The standard InChI is InChI=1S/C22H24N4O4/c1-14(2)15-6-5-7-16(12-15)24-19(27)13-30-20(28)10-11-23-22(29)21-17-8-3-4-9-18(17)25-26-21/h3-9,12,14H,10-11,13H2,1-2H3,(H,23,29)(H,24,27)(H,25,26). The van der Waals surface area contributed by atoms with E-state index in [4.69, 9.17) is 4.74 Å². The van der Waals surface area contributed by atoms with E-state index in [0.717, 1.165) is 11.1 Å². The Morgan fingerprint density at radius 3 is 2.70 bits per heavy atom. The Bertz CT molecular complexity index is 1060. The summed E-state index contributed by atoms with van der Waals surface area (Å²) in [6.07, 6.45) is -0.0514. The molecule has 156 valence electrons. The second-order valence-corrected chi connectivity index (χ2v) is 7.11. The average molecular weight is 408 g/mol. The van der Waals surface area contributed by atoms with Gasteiger partial charge in [-0.2, -0.15) is 5.10 Å². The number of nitrogens with one attached hydrogen (secondary N) is 3. The molecule has 3 aromatic rings. The minimum Gasteiger partial charge on any atom is -0.456 e. The SMILES string of the molecule is CC(C)c1cccc(NC(=O)COC(=O)CCNC(=O)c2n[nH]c3ccccc23)c1. The fraction of sp³-hybridized carbons (Fsp3) is 0.273. The fourth-order valence-corrected chi connectivity index (χ4v) is 2.89. The number of anilines is 1. The van der Waals surface area contributed by atoms with E-state index < -0.39 is 11.9 Å². The van der Waals surface area contributed by atoms with Crippen molar-refractivity contribution < 1.29 is 19.1 Å². The predicted molar refractivity (Wildman–Crippen MR) is 113 cm³/mol. The first kappa shape index (κ1) is 21.0. The number of amides is 2. The van der Waals surface area contributed by atoms with Crippen molar-refractivity contribution in [3.05, 3.63) is 59.8 Å². The van der Waals surface area contributed by atoms with Gasteiger partial charge in [0.05, 0.1) is 11.9 Å². The Morgan fingerprint density at radius 2 is 1.90 bits per heavy atom. The molecule has 3 rings (SSSR count). The highest BCUT2D eigenvalue weighted by molar-refractivity contribution is 6.04. The normalized spacial score (nSPS) is 10.8. The van der Waals surface area contributed by atoms with Crippen LogP contribution in [0.3, 0.4) is 0 Å². The van der Waals surface area contributed by atoms with Crippen LogP contribution in [-0.4, -0.2) is 41.1 Å².